The Morgan fingerprint density at radius 2 is 1.95 bits per heavy atom. The number of alkyl halides is 2. The zero-order valence-electron chi connectivity index (χ0n) is 10.5. The summed E-state index contributed by atoms with van der Waals surface area (Å²) in [6.45, 7) is 2.93. The van der Waals surface area contributed by atoms with Crippen molar-refractivity contribution in [3.8, 4) is 0 Å². The molecule has 2 nitrogen and oxygen atoms in total. The molecule has 1 N–H and O–H groups in total. The summed E-state index contributed by atoms with van der Waals surface area (Å²) in [5, 5.41) is 8.70. The standard InChI is InChI=1S/C13H14BrF3O2/c1-12(2,6-11(18)19)7-13(16,17)8-3-4-10(15)9(14)5-8/h3-5H,6-7H2,1-2H3,(H,18,19). The lowest BCUT2D eigenvalue weighted by molar-refractivity contribution is -0.140. The first-order chi connectivity index (χ1) is 8.53. The van der Waals surface area contributed by atoms with Crippen molar-refractivity contribution in [2.24, 2.45) is 5.41 Å². The molecule has 0 aliphatic rings. The number of halogens is 4. The summed E-state index contributed by atoms with van der Waals surface area (Å²) in [7, 11) is 0. The summed E-state index contributed by atoms with van der Waals surface area (Å²) in [6.07, 6.45) is -0.977. The van der Waals surface area contributed by atoms with E-state index in [1.807, 2.05) is 0 Å². The Labute approximate surface area is 117 Å². The largest absolute Gasteiger partial charge is 0.481 e. The summed E-state index contributed by atoms with van der Waals surface area (Å²) < 4.78 is 41.1. The van der Waals surface area contributed by atoms with Crippen molar-refractivity contribution in [2.75, 3.05) is 0 Å². The normalized spacial score (nSPS) is 12.5. The minimum atomic E-state index is -3.21. The first kappa shape index (κ1) is 16.0. The van der Waals surface area contributed by atoms with Gasteiger partial charge in [0.25, 0.3) is 5.92 Å². The highest BCUT2D eigenvalue weighted by molar-refractivity contribution is 9.10. The van der Waals surface area contributed by atoms with E-state index in [4.69, 9.17) is 5.11 Å². The fourth-order valence-corrected chi connectivity index (χ4v) is 2.28. The number of carboxylic acid groups (broad SMARTS) is 1. The molecular formula is C13H14BrF3O2. The topological polar surface area (TPSA) is 37.3 Å². The minimum absolute atomic E-state index is 0.0410. The molecule has 6 heteroatoms. The lowest BCUT2D eigenvalue weighted by Crippen LogP contribution is -2.26. The highest BCUT2D eigenvalue weighted by Gasteiger charge is 2.39. The first-order valence-electron chi connectivity index (χ1n) is 5.59. The molecule has 0 spiro atoms. The average Bonchev–Trinajstić information content (AvgIpc) is 2.17. The van der Waals surface area contributed by atoms with Gasteiger partial charge in [-0.15, -0.1) is 0 Å². The van der Waals surface area contributed by atoms with E-state index in [1.54, 1.807) is 0 Å². The molecule has 1 rings (SSSR count). The van der Waals surface area contributed by atoms with Crippen LogP contribution in [0.25, 0.3) is 0 Å². The Kier molecular flexibility index (Phi) is 4.66. The zero-order valence-corrected chi connectivity index (χ0v) is 12.1. The molecule has 1 aromatic carbocycles. The summed E-state index contributed by atoms with van der Waals surface area (Å²) in [5.74, 6) is -4.96. The summed E-state index contributed by atoms with van der Waals surface area (Å²) in [5.41, 5.74) is -1.39. The quantitative estimate of drug-likeness (QED) is 0.853. The van der Waals surface area contributed by atoms with Crippen LogP contribution in [0, 0.1) is 11.2 Å². The number of benzene rings is 1. The van der Waals surface area contributed by atoms with Crippen molar-refractivity contribution in [1.29, 1.82) is 0 Å². The van der Waals surface area contributed by atoms with Crippen molar-refractivity contribution in [1.82, 2.24) is 0 Å². The smallest absolute Gasteiger partial charge is 0.303 e. The maximum absolute atomic E-state index is 14.1. The van der Waals surface area contributed by atoms with Crippen molar-refractivity contribution < 1.29 is 23.1 Å². The van der Waals surface area contributed by atoms with Crippen LogP contribution in [0.4, 0.5) is 13.2 Å². The molecule has 0 aliphatic carbocycles. The molecule has 0 heterocycles. The lowest BCUT2D eigenvalue weighted by Gasteiger charge is -2.28. The van der Waals surface area contributed by atoms with Gasteiger partial charge in [0.05, 0.1) is 10.9 Å². The molecule has 0 bridgehead atoms. The fourth-order valence-electron chi connectivity index (χ4n) is 1.90. The zero-order chi connectivity index (χ0) is 14.8. The van der Waals surface area contributed by atoms with Crippen LogP contribution in [0.3, 0.4) is 0 Å². The number of carbonyl (C=O) groups is 1. The lowest BCUT2D eigenvalue weighted by atomic mass is 9.81. The predicted molar refractivity (Wildman–Crippen MR) is 68.6 cm³/mol. The minimum Gasteiger partial charge on any atom is -0.481 e. The first-order valence-corrected chi connectivity index (χ1v) is 6.38. The van der Waals surface area contributed by atoms with Gasteiger partial charge < -0.3 is 5.11 Å². The van der Waals surface area contributed by atoms with Crippen LogP contribution in [0.2, 0.25) is 0 Å². The Hall–Kier alpha value is -1.04. The van der Waals surface area contributed by atoms with E-state index in [1.165, 1.54) is 13.8 Å². The molecule has 0 fully saturated rings. The Morgan fingerprint density at radius 1 is 1.37 bits per heavy atom. The highest BCUT2D eigenvalue weighted by Crippen LogP contribution is 2.42. The Bertz CT molecular complexity index is 487. The number of rotatable bonds is 5. The summed E-state index contributed by atoms with van der Waals surface area (Å²) in [4.78, 5) is 10.6. The third-order valence-electron chi connectivity index (χ3n) is 2.67. The van der Waals surface area contributed by atoms with Gasteiger partial charge >= 0.3 is 5.97 Å². The van der Waals surface area contributed by atoms with Gasteiger partial charge in [-0.25, -0.2) is 13.2 Å². The maximum Gasteiger partial charge on any atom is 0.303 e. The molecule has 0 atom stereocenters. The van der Waals surface area contributed by atoms with E-state index >= 15 is 0 Å². The SMILES string of the molecule is CC(C)(CC(=O)O)CC(F)(F)c1ccc(F)c(Br)c1. The van der Waals surface area contributed by atoms with Crippen molar-refractivity contribution in [2.45, 2.75) is 32.6 Å². The predicted octanol–water partition coefficient (Wildman–Crippen LogP) is 4.57. The van der Waals surface area contributed by atoms with Crippen molar-refractivity contribution >= 4 is 21.9 Å². The number of aliphatic carboxylic acids is 1. The monoisotopic (exact) mass is 338 g/mol. The average molecular weight is 339 g/mol. The van der Waals surface area contributed by atoms with E-state index in [-0.39, 0.29) is 16.5 Å². The number of carboxylic acids is 1. The van der Waals surface area contributed by atoms with Crippen LogP contribution in [-0.4, -0.2) is 11.1 Å². The van der Waals surface area contributed by atoms with Gasteiger partial charge in [0.1, 0.15) is 5.82 Å². The summed E-state index contributed by atoms with van der Waals surface area (Å²) >= 11 is 2.86. The molecule has 0 radical (unpaired) electrons. The van der Waals surface area contributed by atoms with Gasteiger partial charge in [0.15, 0.2) is 0 Å². The molecule has 0 amide bonds. The highest BCUT2D eigenvalue weighted by atomic mass is 79.9. The van der Waals surface area contributed by atoms with E-state index in [0.717, 1.165) is 18.2 Å². The van der Waals surface area contributed by atoms with E-state index in [9.17, 15) is 18.0 Å². The fraction of sp³-hybridized carbons (Fsp3) is 0.462. The van der Waals surface area contributed by atoms with Crippen LogP contribution in [0.15, 0.2) is 22.7 Å². The molecule has 0 saturated heterocycles. The number of hydrogen-bond acceptors (Lipinski definition) is 1. The van der Waals surface area contributed by atoms with E-state index < -0.39 is 29.5 Å². The van der Waals surface area contributed by atoms with E-state index in [0.29, 0.717) is 0 Å². The van der Waals surface area contributed by atoms with Gasteiger partial charge in [-0.2, -0.15) is 0 Å². The second kappa shape index (κ2) is 5.53. The van der Waals surface area contributed by atoms with Gasteiger partial charge in [-0.3, -0.25) is 4.79 Å². The van der Waals surface area contributed by atoms with Crippen LogP contribution in [-0.2, 0) is 10.7 Å². The van der Waals surface area contributed by atoms with Crippen LogP contribution >= 0.6 is 15.9 Å². The van der Waals surface area contributed by atoms with Gasteiger partial charge in [-0.1, -0.05) is 19.9 Å². The van der Waals surface area contributed by atoms with Gasteiger partial charge in [0, 0.05) is 12.0 Å². The molecule has 0 aliphatic heterocycles. The Balaban J connectivity index is 2.97. The van der Waals surface area contributed by atoms with Gasteiger partial charge in [0.2, 0.25) is 0 Å². The molecule has 1 aromatic rings. The third-order valence-corrected chi connectivity index (χ3v) is 3.28. The second-order valence-electron chi connectivity index (χ2n) is 5.24. The van der Waals surface area contributed by atoms with E-state index in [2.05, 4.69) is 15.9 Å². The molecule has 0 unspecified atom stereocenters. The third kappa shape index (κ3) is 4.53. The van der Waals surface area contributed by atoms with Crippen molar-refractivity contribution in [3.05, 3.63) is 34.1 Å². The van der Waals surface area contributed by atoms with Gasteiger partial charge in [-0.05, 0) is 33.5 Å². The van der Waals surface area contributed by atoms with Crippen LogP contribution < -0.4 is 0 Å². The maximum atomic E-state index is 14.1. The van der Waals surface area contributed by atoms with Crippen LogP contribution in [0.1, 0.15) is 32.3 Å². The van der Waals surface area contributed by atoms with Crippen molar-refractivity contribution in [3.63, 3.8) is 0 Å². The molecule has 106 valence electrons. The number of hydrogen-bond donors (Lipinski definition) is 1. The van der Waals surface area contributed by atoms with Crippen LogP contribution in [0.5, 0.6) is 0 Å². The summed E-state index contributed by atoms with van der Waals surface area (Å²) in [6, 6.07) is 2.99. The molecule has 0 aromatic heterocycles. The molecule has 19 heavy (non-hydrogen) atoms. The molecular weight excluding hydrogens is 325 g/mol. The second-order valence-corrected chi connectivity index (χ2v) is 6.10. The Morgan fingerprint density at radius 3 is 2.42 bits per heavy atom. The molecule has 0 saturated carbocycles.